The summed E-state index contributed by atoms with van der Waals surface area (Å²) in [5, 5.41) is 3.35. The Bertz CT molecular complexity index is 351. The zero-order valence-electron chi connectivity index (χ0n) is 10.8. The third-order valence-corrected chi connectivity index (χ3v) is 4.69. The van der Waals surface area contributed by atoms with Crippen molar-refractivity contribution in [3.63, 3.8) is 0 Å². The van der Waals surface area contributed by atoms with Gasteiger partial charge in [-0.1, -0.05) is 18.9 Å². The van der Waals surface area contributed by atoms with Gasteiger partial charge < -0.3 is 21.3 Å². The smallest absolute Gasteiger partial charge is 0.0876 e. The molecule has 6 atom stereocenters. The molecule has 2 bridgehead atoms. The van der Waals surface area contributed by atoms with Gasteiger partial charge in [0.05, 0.1) is 18.1 Å². The van der Waals surface area contributed by atoms with Crippen LogP contribution in [0.5, 0.6) is 0 Å². The molecule has 1 saturated heterocycles. The Labute approximate surface area is 122 Å². The van der Waals surface area contributed by atoms with E-state index in [2.05, 4.69) is 18.3 Å². The number of amides is 1. The predicted octanol–water partition coefficient (Wildman–Crippen LogP) is 2.33. The summed E-state index contributed by atoms with van der Waals surface area (Å²) in [5.41, 5.74) is 0.488. The Hall–Kier alpha value is -0.168. The quantitative estimate of drug-likeness (QED) is 0.372. The molecule has 18 heavy (non-hydrogen) atoms. The second-order valence-corrected chi connectivity index (χ2v) is 5.66. The summed E-state index contributed by atoms with van der Waals surface area (Å²) in [6.07, 6.45) is 6.93. The summed E-state index contributed by atoms with van der Waals surface area (Å²) in [4.78, 5) is 10.2. The van der Waals surface area contributed by atoms with Crippen LogP contribution in [0.3, 0.4) is 0 Å². The molecular weight excluding hydrogens is 400 g/mol. The third kappa shape index (κ3) is 2.09. The molecule has 3 saturated carbocycles. The maximum Gasteiger partial charge on any atom is 0.0876 e. The van der Waals surface area contributed by atoms with Crippen LogP contribution in [0.15, 0.2) is 12.2 Å². The number of carbonyl (C=O) groups excluding carboxylic acids is 1. The van der Waals surface area contributed by atoms with Crippen molar-refractivity contribution in [3.8, 4) is 0 Å². The average molecular weight is 420 g/mol. The second-order valence-electron chi connectivity index (χ2n) is 5.66. The van der Waals surface area contributed by atoms with Crippen LogP contribution in [0.2, 0.25) is 0 Å². The predicted molar refractivity (Wildman–Crippen MR) is 65.3 cm³/mol. The Balaban J connectivity index is 0.000000137. The van der Waals surface area contributed by atoms with Gasteiger partial charge in [0, 0.05) is 20.4 Å². The Morgan fingerprint density at radius 1 is 1.39 bits per heavy atom. The number of rotatable bonds is 1. The van der Waals surface area contributed by atoms with E-state index in [1.807, 2.05) is 0 Å². The first-order valence-electron chi connectivity index (χ1n) is 6.42. The van der Waals surface area contributed by atoms with Crippen molar-refractivity contribution < 1.29 is 30.0 Å². The Morgan fingerprint density at radius 2 is 2.06 bits per heavy atom. The minimum Gasteiger partial charge on any atom is -0.652 e. The van der Waals surface area contributed by atoms with Gasteiger partial charge in [-0.05, 0) is 24.3 Å². The Kier molecular flexibility index (Phi) is 4.02. The molecule has 101 valence electrons. The minimum absolute atomic E-state index is 0. The van der Waals surface area contributed by atoms with Crippen molar-refractivity contribution in [1.82, 2.24) is 0 Å². The summed E-state index contributed by atoms with van der Waals surface area (Å²) in [7, 11) is 1.46. The SMILES string of the molecule is C=C(C)C(=O)[N-]C.[CH-]1CC2CC1C1C3OC3C21.[Re]. The fourth-order valence-corrected chi connectivity index (χ4v) is 3.87. The zero-order chi connectivity index (χ0) is 12.2. The molecule has 0 spiro atoms. The van der Waals surface area contributed by atoms with Crippen LogP contribution >= 0.6 is 0 Å². The molecule has 1 amide bonds. The van der Waals surface area contributed by atoms with E-state index in [1.54, 1.807) is 6.92 Å². The molecule has 4 aliphatic rings. The molecule has 4 fully saturated rings. The van der Waals surface area contributed by atoms with Gasteiger partial charge in [0.1, 0.15) is 0 Å². The first kappa shape index (κ1) is 14.2. The molecule has 3 aliphatic carbocycles. The second kappa shape index (κ2) is 5.08. The van der Waals surface area contributed by atoms with E-state index in [0.29, 0.717) is 5.57 Å². The molecule has 3 nitrogen and oxygen atoms in total. The van der Waals surface area contributed by atoms with Crippen LogP contribution in [0.1, 0.15) is 19.8 Å². The van der Waals surface area contributed by atoms with E-state index >= 15 is 0 Å². The minimum atomic E-state index is -0.222. The van der Waals surface area contributed by atoms with Gasteiger partial charge in [-0.15, -0.1) is 7.05 Å². The van der Waals surface area contributed by atoms with Crippen LogP contribution < -0.4 is 0 Å². The summed E-state index contributed by atoms with van der Waals surface area (Å²) in [5.74, 6) is 3.79. The van der Waals surface area contributed by atoms with E-state index in [-0.39, 0.29) is 26.3 Å². The van der Waals surface area contributed by atoms with Crippen molar-refractivity contribution in [2.45, 2.75) is 32.0 Å². The molecular formula is C14H19NO2Re-2. The van der Waals surface area contributed by atoms with Crippen LogP contribution in [-0.4, -0.2) is 25.2 Å². The van der Waals surface area contributed by atoms with Gasteiger partial charge in [0.25, 0.3) is 0 Å². The van der Waals surface area contributed by atoms with Crippen molar-refractivity contribution in [1.29, 1.82) is 0 Å². The van der Waals surface area contributed by atoms with Gasteiger partial charge in [-0.25, -0.2) is 0 Å². The molecule has 4 heteroatoms. The zero-order valence-corrected chi connectivity index (χ0v) is 13.5. The number of ether oxygens (including phenoxy) is 1. The molecule has 4 rings (SSSR count). The van der Waals surface area contributed by atoms with E-state index in [1.165, 1.54) is 19.9 Å². The molecule has 0 aromatic carbocycles. The van der Waals surface area contributed by atoms with Gasteiger partial charge in [-0.3, -0.25) is 0 Å². The van der Waals surface area contributed by atoms with Crippen molar-refractivity contribution in [2.24, 2.45) is 23.7 Å². The fraction of sp³-hybridized carbons (Fsp3) is 0.714. The summed E-state index contributed by atoms with van der Waals surface area (Å²) in [6, 6.07) is 0. The molecule has 0 aromatic rings. The Morgan fingerprint density at radius 3 is 2.56 bits per heavy atom. The summed E-state index contributed by atoms with van der Waals surface area (Å²) in [6.45, 7) is 5.02. The topological polar surface area (TPSA) is 43.7 Å². The molecule has 6 unspecified atom stereocenters. The monoisotopic (exact) mass is 420 g/mol. The molecule has 1 heterocycles. The first-order chi connectivity index (χ1) is 8.13. The average Bonchev–Trinajstić information content (AvgIpc) is 2.69. The molecule has 0 N–H and O–H groups in total. The fourth-order valence-electron chi connectivity index (χ4n) is 3.87. The number of epoxide rings is 1. The number of likely N-dealkylation sites (N-methyl/N-ethyl adjacent to an activating group) is 1. The third-order valence-electron chi connectivity index (χ3n) is 4.69. The van der Waals surface area contributed by atoms with Crippen LogP contribution in [0.4, 0.5) is 0 Å². The van der Waals surface area contributed by atoms with E-state index in [4.69, 9.17) is 4.74 Å². The van der Waals surface area contributed by atoms with Crippen LogP contribution in [0.25, 0.3) is 5.32 Å². The van der Waals surface area contributed by atoms with Gasteiger partial charge >= 0.3 is 0 Å². The molecule has 0 aromatic heterocycles. The van der Waals surface area contributed by atoms with Crippen molar-refractivity contribution >= 4 is 5.91 Å². The maximum absolute atomic E-state index is 10.2. The normalized spacial score (nSPS) is 44.3. The number of carbonyl (C=O) groups is 1. The standard InChI is InChI=1S/C9H11O.C5H9NO.Re/c1-2-5-3-4(1)6-7(5)9-8(6)10-9;1-4(2)5(7)6-3;/h1,4-9H,2-3H2;1H2,2-3H3,(H,6,7);/q-1;;/p-1. The number of fused-ring (bicyclic) bond motifs is 8. The maximum atomic E-state index is 10.2. The first-order valence-corrected chi connectivity index (χ1v) is 6.42. The molecule has 1 radical (unpaired) electrons. The summed E-state index contributed by atoms with van der Waals surface area (Å²) >= 11 is 0. The van der Waals surface area contributed by atoms with Crippen LogP contribution in [0, 0.1) is 30.1 Å². The van der Waals surface area contributed by atoms with Gasteiger partial charge in [0.2, 0.25) is 0 Å². The van der Waals surface area contributed by atoms with Gasteiger partial charge in [-0.2, -0.15) is 12.3 Å². The van der Waals surface area contributed by atoms with Crippen LogP contribution in [-0.2, 0) is 30.0 Å². The van der Waals surface area contributed by atoms with Crippen molar-refractivity contribution in [3.05, 3.63) is 23.9 Å². The largest absolute Gasteiger partial charge is 0.652 e. The van der Waals surface area contributed by atoms with Crippen molar-refractivity contribution in [2.75, 3.05) is 7.05 Å². The van der Waals surface area contributed by atoms with E-state index in [0.717, 1.165) is 35.9 Å². The van der Waals surface area contributed by atoms with E-state index in [9.17, 15) is 4.79 Å². The number of hydrogen-bond acceptors (Lipinski definition) is 2. The number of nitrogens with zero attached hydrogens (tertiary/aromatic N) is 1. The summed E-state index contributed by atoms with van der Waals surface area (Å²) < 4.78 is 5.56. The molecule has 1 aliphatic heterocycles. The number of hydrogen-bond donors (Lipinski definition) is 0. The van der Waals surface area contributed by atoms with Gasteiger partial charge in [0.15, 0.2) is 0 Å². The van der Waals surface area contributed by atoms with E-state index < -0.39 is 0 Å².